The number of rotatable bonds is 11. The SMILES string of the molecule is COc1ccc(COc2ccc(C=CC(=O)CC(=O)C=Cc3ccc4cc[nH]c4c3)c(OC)c2)cc1. The molecule has 0 spiro atoms. The maximum Gasteiger partial charge on any atom is 0.163 e. The van der Waals surface area contributed by atoms with Crippen LogP contribution in [0.15, 0.2) is 85.1 Å². The van der Waals surface area contributed by atoms with Crippen LogP contribution >= 0.6 is 0 Å². The van der Waals surface area contributed by atoms with Crippen molar-refractivity contribution in [2.75, 3.05) is 14.2 Å². The Kier molecular flexibility index (Phi) is 7.98. The van der Waals surface area contributed by atoms with Crippen molar-refractivity contribution in [1.82, 2.24) is 4.98 Å². The highest BCUT2D eigenvalue weighted by Crippen LogP contribution is 2.27. The second-order valence-electron chi connectivity index (χ2n) is 8.14. The Morgan fingerprint density at radius 1 is 0.806 bits per heavy atom. The summed E-state index contributed by atoms with van der Waals surface area (Å²) in [4.78, 5) is 27.7. The van der Waals surface area contributed by atoms with E-state index < -0.39 is 0 Å². The Balaban J connectivity index is 1.32. The lowest BCUT2D eigenvalue weighted by molar-refractivity contribution is -0.121. The van der Waals surface area contributed by atoms with Gasteiger partial charge in [-0.15, -0.1) is 0 Å². The lowest BCUT2D eigenvalue weighted by Gasteiger charge is -2.10. The molecule has 0 unspecified atom stereocenters. The van der Waals surface area contributed by atoms with Gasteiger partial charge in [0.15, 0.2) is 11.6 Å². The van der Waals surface area contributed by atoms with Crippen LogP contribution in [-0.2, 0) is 16.2 Å². The predicted octanol–water partition coefficient (Wildman–Crippen LogP) is 6.02. The van der Waals surface area contributed by atoms with Gasteiger partial charge < -0.3 is 19.2 Å². The van der Waals surface area contributed by atoms with E-state index in [1.54, 1.807) is 32.4 Å². The summed E-state index contributed by atoms with van der Waals surface area (Å²) in [6, 6.07) is 20.9. The van der Waals surface area contributed by atoms with Crippen molar-refractivity contribution in [3.63, 3.8) is 0 Å². The van der Waals surface area contributed by atoms with E-state index >= 15 is 0 Å². The summed E-state index contributed by atoms with van der Waals surface area (Å²) in [5, 5.41) is 1.10. The first-order chi connectivity index (χ1) is 17.5. The average Bonchev–Trinajstić information content (AvgIpc) is 3.38. The molecule has 182 valence electrons. The first-order valence-corrected chi connectivity index (χ1v) is 11.5. The molecule has 0 atom stereocenters. The van der Waals surface area contributed by atoms with Gasteiger partial charge in [-0.05, 0) is 71.1 Å². The van der Waals surface area contributed by atoms with Gasteiger partial charge in [0.05, 0.1) is 20.6 Å². The van der Waals surface area contributed by atoms with Crippen molar-refractivity contribution in [2.45, 2.75) is 13.0 Å². The average molecular weight is 482 g/mol. The summed E-state index contributed by atoms with van der Waals surface area (Å²) >= 11 is 0. The number of nitrogens with one attached hydrogen (secondary N) is 1. The molecule has 0 fully saturated rings. The van der Waals surface area contributed by atoms with Crippen LogP contribution in [0.4, 0.5) is 0 Å². The molecule has 0 aliphatic heterocycles. The van der Waals surface area contributed by atoms with E-state index in [0.717, 1.165) is 27.8 Å². The van der Waals surface area contributed by atoms with Crippen LogP contribution in [0.5, 0.6) is 17.2 Å². The first kappa shape index (κ1) is 24.5. The van der Waals surface area contributed by atoms with Crippen LogP contribution in [0.2, 0.25) is 0 Å². The van der Waals surface area contributed by atoms with E-state index in [1.165, 1.54) is 12.2 Å². The molecule has 1 heterocycles. The quantitative estimate of drug-likeness (QED) is 0.209. The van der Waals surface area contributed by atoms with Crippen LogP contribution in [0.3, 0.4) is 0 Å². The number of aromatic nitrogens is 1. The van der Waals surface area contributed by atoms with Gasteiger partial charge in [0.2, 0.25) is 0 Å². The van der Waals surface area contributed by atoms with E-state index in [9.17, 15) is 9.59 Å². The number of carbonyl (C=O) groups excluding carboxylic acids is 2. The molecule has 4 aromatic rings. The maximum atomic E-state index is 12.3. The first-order valence-electron chi connectivity index (χ1n) is 11.5. The summed E-state index contributed by atoms with van der Waals surface area (Å²) < 4.78 is 16.5. The Morgan fingerprint density at radius 3 is 2.31 bits per heavy atom. The molecule has 0 saturated carbocycles. The number of allylic oxidation sites excluding steroid dienone is 2. The Morgan fingerprint density at radius 2 is 1.56 bits per heavy atom. The predicted molar refractivity (Wildman–Crippen MR) is 141 cm³/mol. The molecule has 6 nitrogen and oxygen atoms in total. The molecule has 0 aliphatic carbocycles. The molecule has 0 amide bonds. The zero-order chi connectivity index (χ0) is 25.3. The number of ether oxygens (including phenoxy) is 3. The molecule has 0 bridgehead atoms. The van der Waals surface area contributed by atoms with Gasteiger partial charge in [-0.25, -0.2) is 0 Å². The molecular weight excluding hydrogens is 454 g/mol. The van der Waals surface area contributed by atoms with Crippen molar-refractivity contribution < 1.29 is 23.8 Å². The van der Waals surface area contributed by atoms with E-state index in [0.29, 0.717) is 23.7 Å². The summed E-state index contributed by atoms with van der Waals surface area (Å²) in [5.74, 6) is 1.45. The monoisotopic (exact) mass is 481 g/mol. The zero-order valence-corrected chi connectivity index (χ0v) is 20.2. The number of H-pyrrole nitrogens is 1. The fraction of sp³-hybridized carbons (Fsp3) is 0.133. The molecule has 4 rings (SSSR count). The summed E-state index contributed by atoms with van der Waals surface area (Å²) in [5.41, 5.74) is 3.60. The van der Waals surface area contributed by atoms with Gasteiger partial charge in [-0.1, -0.05) is 30.3 Å². The minimum Gasteiger partial charge on any atom is -0.497 e. The summed E-state index contributed by atoms with van der Waals surface area (Å²) in [7, 11) is 3.18. The minimum atomic E-state index is -0.286. The van der Waals surface area contributed by atoms with Crippen LogP contribution in [0.25, 0.3) is 23.1 Å². The molecule has 0 aliphatic rings. The largest absolute Gasteiger partial charge is 0.497 e. The third-order valence-corrected chi connectivity index (χ3v) is 5.61. The highest BCUT2D eigenvalue weighted by atomic mass is 16.5. The lowest BCUT2D eigenvalue weighted by atomic mass is 10.1. The highest BCUT2D eigenvalue weighted by molar-refractivity contribution is 6.11. The molecule has 6 heteroatoms. The van der Waals surface area contributed by atoms with Crippen LogP contribution < -0.4 is 14.2 Å². The minimum absolute atomic E-state index is 0.205. The third kappa shape index (κ3) is 6.51. The normalized spacial score (nSPS) is 11.3. The highest BCUT2D eigenvalue weighted by Gasteiger charge is 2.07. The number of ketones is 2. The van der Waals surface area contributed by atoms with Gasteiger partial charge >= 0.3 is 0 Å². The maximum absolute atomic E-state index is 12.3. The third-order valence-electron chi connectivity index (χ3n) is 5.61. The topological polar surface area (TPSA) is 77.6 Å². The fourth-order valence-electron chi connectivity index (χ4n) is 3.64. The second kappa shape index (κ2) is 11.7. The standard InChI is InChI=1S/C30H27NO5/c1-34-27-12-5-22(6-13-27)20-36-28-14-9-24(30(19-28)35-2)8-11-26(33)18-25(32)10-4-21-3-7-23-15-16-31-29(23)17-21/h3-17,19,31H,18,20H2,1-2H3. The van der Waals surface area contributed by atoms with Gasteiger partial charge in [0.25, 0.3) is 0 Å². The van der Waals surface area contributed by atoms with Crippen LogP contribution in [0, 0.1) is 0 Å². The van der Waals surface area contributed by atoms with Gasteiger partial charge in [-0.2, -0.15) is 0 Å². The number of hydrogen-bond donors (Lipinski definition) is 1. The molecule has 1 aromatic heterocycles. The number of carbonyl (C=O) groups is 2. The lowest BCUT2D eigenvalue weighted by Crippen LogP contribution is -2.02. The van der Waals surface area contributed by atoms with Crippen molar-refractivity contribution >= 4 is 34.6 Å². The van der Waals surface area contributed by atoms with E-state index in [1.807, 2.05) is 66.9 Å². The van der Waals surface area contributed by atoms with Crippen LogP contribution in [-0.4, -0.2) is 30.8 Å². The van der Waals surface area contributed by atoms with Crippen molar-refractivity contribution in [3.8, 4) is 17.2 Å². The van der Waals surface area contributed by atoms with Crippen molar-refractivity contribution in [2.24, 2.45) is 0 Å². The number of hydrogen-bond acceptors (Lipinski definition) is 5. The number of methoxy groups -OCH3 is 2. The Bertz CT molecular complexity index is 1410. The molecule has 0 radical (unpaired) electrons. The number of benzene rings is 3. The summed E-state index contributed by atoms with van der Waals surface area (Å²) in [6.07, 6.45) is 7.85. The van der Waals surface area contributed by atoms with E-state index in [4.69, 9.17) is 14.2 Å². The molecule has 36 heavy (non-hydrogen) atoms. The smallest absolute Gasteiger partial charge is 0.163 e. The Labute approximate surface area is 209 Å². The van der Waals surface area contributed by atoms with Gasteiger partial charge in [0.1, 0.15) is 23.9 Å². The number of aromatic amines is 1. The van der Waals surface area contributed by atoms with Gasteiger partial charge in [0, 0.05) is 23.3 Å². The Hall–Kier alpha value is -4.58. The second-order valence-corrected chi connectivity index (χ2v) is 8.14. The van der Waals surface area contributed by atoms with Crippen molar-refractivity contribution in [3.05, 3.63) is 102 Å². The fourth-order valence-corrected chi connectivity index (χ4v) is 3.64. The molecular formula is C30H27NO5. The van der Waals surface area contributed by atoms with E-state index in [-0.39, 0.29) is 18.0 Å². The summed E-state index contributed by atoms with van der Waals surface area (Å²) in [6.45, 7) is 0.398. The molecule has 1 N–H and O–H groups in total. The zero-order valence-electron chi connectivity index (χ0n) is 20.2. The van der Waals surface area contributed by atoms with Gasteiger partial charge in [-0.3, -0.25) is 9.59 Å². The molecule has 0 saturated heterocycles. The number of fused-ring (bicyclic) bond motifs is 1. The van der Waals surface area contributed by atoms with E-state index in [2.05, 4.69) is 4.98 Å². The van der Waals surface area contributed by atoms with Crippen molar-refractivity contribution in [1.29, 1.82) is 0 Å². The molecule has 3 aromatic carbocycles. The van der Waals surface area contributed by atoms with Crippen LogP contribution in [0.1, 0.15) is 23.1 Å².